The van der Waals surface area contributed by atoms with Crippen molar-refractivity contribution in [3.63, 3.8) is 0 Å². The van der Waals surface area contributed by atoms with Crippen LogP contribution in [-0.4, -0.2) is 42.9 Å². The SMILES string of the molecule is Cc1oc(-c2cc3c(cc2Cl)OCO3)nc1CN1CCCN(c2ccccc2)CC1. The Bertz CT molecular complexity index is 1040. The van der Waals surface area contributed by atoms with Crippen molar-refractivity contribution in [3.05, 3.63) is 58.9 Å². The maximum absolute atomic E-state index is 6.44. The number of aryl methyl sites for hydroxylation is 1. The third-order valence-corrected chi connectivity index (χ3v) is 5.98. The van der Waals surface area contributed by atoms with E-state index in [-0.39, 0.29) is 6.79 Å². The van der Waals surface area contributed by atoms with Gasteiger partial charge in [0.1, 0.15) is 5.76 Å². The number of fused-ring (bicyclic) bond motifs is 1. The lowest BCUT2D eigenvalue weighted by Crippen LogP contribution is -2.30. The zero-order valence-corrected chi connectivity index (χ0v) is 17.7. The van der Waals surface area contributed by atoms with E-state index in [1.807, 2.05) is 13.0 Å². The highest BCUT2D eigenvalue weighted by Gasteiger charge is 2.22. The van der Waals surface area contributed by atoms with Gasteiger partial charge in [0.2, 0.25) is 12.7 Å². The third-order valence-electron chi connectivity index (χ3n) is 5.67. The number of ether oxygens (including phenoxy) is 2. The van der Waals surface area contributed by atoms with Gasteiger partial charge in [0.15, 0.2) is 11.5 Å². The van der Waals surface area contributed by atoms with Crippen molar-refractivity contribution in [2.75, 3.05) is 37.9 Å². The molecule has 30 heavy (non-hydrogen) atoms. The summed E-state index contributed by atoms with van der Waals surface area (Å²) in [6.07, 6.45) is 1.12. The van der Waals surface area contributed by atoms with Gasteiger partial charge in [0.05, 0.1) is 16.3 Å². The zero-order chi connectivity index (χ0) is 20.5. The molecule has 1 fully saturated rings. The molecule has 0 amide bonds. The number of benzene rings is 2. The summed E-state index contributed by atoms with van der Waals surface area (Å²) in [6.45, 7) is 7.02. The molecule has 2 aliphatic heterocycles. The second kappa shape index (κ2) is 8.20. The monoisotopic (exact) mass is 425 g/mol. The maximum atomic E-state index is 6.44. The number of anilines is 1. The number of para-hydroxylation sites is 1. The lowest BCUT2D eigenvalue weighted by molar-refractivity contribution is 0.174. The molecule has 0 radical (unpaired) electrons. The Morgan fingerprint density at radius 3 is 2.63 bits per heavy atom. The summed E-state index contributed by atoms with van der Waals surface area (Å²) in [5.74, 6) is 2.66. The molecule has 3 heterocycles. The summed E-state index contributed by atoms with van der Waals surface area (Å²) in [6, 6.07) is 14.2. The van der Waals surface area contributed by atoms with Gasteiger partial charge in [-0.15, -0.1) is 0 Å². The minimum absolute atomic E-state index is 0.208. The van der Waals surface area contributed by atoms with E-state index in [1.54, 1.807) is 6.07 Å². The lowest BCUT2D eigenvalue weighted by Gasteiger charge is -2.23. The molecule has 1 saturated heterocycles. The predicted molar refractivity (Wildman–Crippen MR) is 116 cm³/mol. The van der Waals surface area contributed by atoms with E-state index in [2.05, 4.69) is 40.1 Å². The van der Waals surface area contributed by atoms with Crippen molar-refractivity contribution in [3.8, 4) is 23.0 Å². The Kier molecular flexibility index (Phi) is 5.27. The molecule has 7 heteroatoms. The fourth-order valence-corrected chi connectivity index (χ4v) is 4.24. The molecule has 5 rings (SSSR count). The van der Waals surface area contributed by atoms with Gasteiger partial charge in [-0.3, -0.25) is 4.90 Å². The van der Waals surface area contributed by atoms with Crippen molar-refractivity contribution in [2.24, 2.45) is 0 Å². The first-order valence-corrected chi connectivity index (χ1v) is 10.6. The van der Waals surface area contributed by atoms with Crippen molar-refractivity contribution in [1.82, 2.24) is 9.88 Å². The number of aromatic nitrogens is 1. The Labute approximate surface area is 181 Å². The van der Waals surface area contributed by atoms with Crippen LogP contribution < -0.4 is 14.4 Å². The second-order valence-corrected chi connectivity index (χ2v) is 8.07. The molecule has 156 valence electrons. The van der Waals surface area contributed by atoms with E-state index in [1.165, 1.54) is 5.69 Å². The number of hydrogen-bond donors (Lipinski definition) is 0. The first-order chi connectivity index (χ1) is 14.7. The van der Waals surface area contributed by atoms with Gasteiger partial charge in [-0.05, 0) is 31.5 Å². The summed E-state index contributed by atoms with van der Waals surface area (Å²) in [4.78, 5) is 9.66. The largest absolute Gasteiger partial charge is 0.454 e. The Balaban J connectivity index is 1.30. The number of nitrogens with zero attached hydrogens (tertiary/aromatic N) is 3. The minimum atomic E-state index is 0.208. The quantitative estimate of drug-likeness (QED) is 0.601. The van der Waals surface area contributed by atoms with Gasteiger partial charge >= 0.3 is 0 Å². The molecule has 1 aromatic heterocycles. The van der Waals surface area contributed by atoms with Crippen LogP contribution in [0, 0.1) is 6.92 Å². The standard InChI is InChI=1S/C23H24ClN3O3/c1-16-20(14-26-8-5-9-27(11-10-26)17-6-3-2-4-7-17)25-23(30-16)18-12-21-22(13-19(18)24)29-15-28-21/h2-4,6-7,12-13H,5,8-11,14-15H2,1H3. The van der Waals surface area contributed by atoms with Crippen LogP contribution in [0.3, 0.4) is 0 Å². The Morgan fingerprint density at radius 1 is 1.00 bits per heavy atom. The van der Waals surface area contributed by atoms with Gasteiger partial charge in [0, 0.05) is 44.5 Å². The van der Waals surface area contributed by atoms with Crippen molar-refractivity contribution < 1.29 is 13.9 Å². The third kappa shape index (κ3) is 3.85. The highest BCUT2D eigenvalue weighted by atomic mass is 35.5. The van der Waals surface area contributed by atoms with E-state index < -0.39 is 0 Å². The summed E-state index contributed by atoms with van der Waals surface area (Å²) >= 11 is 6.44. The smallest absolute Gasteiger partial charge is 0.231 e. The number of oxazole rings is 1. The molecular weight excluding hydrogens is 402 g/mol. The topological polar surface area (TPSA) is 51.0 Å². The summed E-state index contributed by atoms with van der Waals surface area (Å²) < 4.78 is 16.8. The van der Waals surface area contributed by atoms with Crippen LogP contribution >= 0.6 is 11.6 Å². The van der Waals surface area contributed by atoms with Gasteiger partial charge in [-0.1, -0.05) is 29.8 Å². The van der Waals surface area contributed by atoms with Crippen LogP contribution in [0.4, 0.5) is 5.69 Å². The Morgan fingerprint density at radius 2 is 1.80 bits per heavy atom. The highest BCUT2D eigenvalue weighted by molar-refractivity contribution is 6.33. The number of rotatable bonds is 4. The van der Waals surface area contributed by atoms with E-state index in [0.717, 1.165) is 56.2 Å². The zero-order valence-electron chi connectivity index (χ0n) is 16.9. The molecule has 0 aliphatic carbocycles. The van der Waals surface area contributed by atoms with Crippen molar-refractivity contribution >= 4 is 17.3 Å². The van der Waals surface area contributed by atoms with Crippen LogP contribution in [0.2, 0.25) is 5.02 Å². The summed E-state index contributed by atoms with van der Waals surface area (Å²) in [7, 11) is 0. The fraction of sp³-hybridized carbons (Fsp3) is 0.348. The molecule has 3 aromatic rings. The van der Waals surface area contributed by atoms with Gasteiger partial charge < -0.3 is 18.8 Å². The van der Waals surface area contributed by atoms with E-state index >= 15 is 0 Å². The van der Waals surface area contributed by atoms with Crippen LogP contribution in [0.15, 0.2) is 46.9 Å². The first kappa shape index (κ1) is 19.3. The first-order valence-electron chi connectivity index (χ1n) is 10.3. The Hall–Kier alpha value is -2.70. The van der Waals surface area contributed by atoms with Crippen LogP contribution in [0.25, 0.3) is 11.5 Å². The predicted octanol–water partition coefficient (Wildman–Crippen LogP) is 4.74. The van der Waals surface area contributed by atoms with Crippen LogP contribution in [0.1, 0.15) is 17.9 Å². The molecule has 2 aromatic carbocycles. The molecule has 0 spiro atoms. The van der Waals surface area contributed by atoms with Gasteiger partial charge in [-0.2, -0.15) is 0 Å². The van der Waals surface area contributed by atoms with E-state index in [4.69, 9.17) is 30.5 Å². The van der Waals surface area contributed by atoms with Gasteiger partial charge in [0.25, 0.3) is 0 Å². The molecule has 2 aliphatic rings. The lowest BCUT2D eigenvalue weighted by atomic mass is 10.2. The van der Waals surface area contributed by atoms with Crippen molar-refractivity contribution in [2.45, 2.75) is 19.9 Å². The number of hydrogen-bond acceptors (Lipinski definition) is 6. The van der Waals surface area contributed by atoms with Crippen molar-refractivity contribution in [1.29, 1.82) is 0 Å². The highest BCUT2D eigenvalue weighted by Crippen LogP contribution is 2.41. The van der Waals surface area contributed by atoms with Crippen LogP contribution in [0.5, 0.6) is 11.5 Å². The summed E-state index contributed by atoms with van der Waals surface area (Å²) in [5.41, 5.74) is 2.96. The van der Waals surface area contributed by atoms with E-state index in [9.17, 15) is 0 Å². The fourth-order valence-electron chi connectivity index (χ4n) is 4.01. The minimum Gasteiger partial charge on any atom is -0.454 e. The van der Waals surface area contributed by atoms with E-state index in [0.29, 0.717) is 22.4 Å². The molecule has 0 saturated carbocycles. The maximum Gasteiger partial charge on any atom is 0.231 e. The number of halogens is 1. The van der Waals surface area contributed by atoms with Gasteiger partial charge in [-0.25, -0.2) is 4.98 Å². The summed E-state index contributed by atoms with van der Waals surface area (Å²) in [5, 5.41) is 0.542. The van der Waals surface area contributed by atoms with Crippen LogP contribution in [-0.2, 0) is 6.54 Å². The molecule has 0 bridgehead atoms. The molecule has 0 atom stereocenters. The molecule has 0 N–H and O–H groups in total. The molecule has 0 unspecified atom stereocenters. The average molecular weight is 426 g/mol. The second-order valence-electron chi connectivity index (χ2n) is 7.66. The normalized spacial score (nSPS) is 16.7. The molecular formula is C23H24ClN3O3. The molecule has 6 nitrogen and oxygen atoms in total. The average Bonchev–Trinajstić information content (AvgIpc) is 3.27.